The highest BCUT2D eigenvalue weighted by molar-refractivity contribution is 9.10. The molecule has 134 valence electrons. The number of nitrogens with one attached hydrogen (secondary N) is 1. The summed E-state index contributed by atoms with van der Waals surface area (Å²) in [5, 5.41) is 2.99. The maximum atomic E-state index is 12.7. The van der Waals surface area contributed by atoms with Crippen molar-refractivity contribution >= 4 is 21.8 Å². The van der Waals surface area contributed by atoms with E-state index in [2.05, 4.69) is 21.2 Å². The van der Waals surface area contributed by atoms with Crippen molar-refractivity contribution in [2.45, 2.75) is 19.9 Å². The summed E-state index contributed by atoms with van der Waals surface area (Å²) in [5.74, 6) is 1.58. The molecule has 6 heteroatoms. The molecular weight excluding hydrogens is 386 g/mol. The van der Waals surface area contributed by atoms with E-state index in [1.807, 2.05) is 32.0 Å². The third kappa shape index (κ3) is 4.25. The zero-order valence-electron chi connectivity index (χ0n) is 15.0. The minimum Gasteiger partial charge on any atom is -0.496 e. The molecule has 2 aromatic rings. The fourth-order valence-corrected chi connectivity index (χ4v) is 3.10. The van der Waals surface area contributed by atoms with Gasteiger partial charge in [-0.1, -0.05) is 17.7 Å². The van der Waals surface area contributed by atoms with Crippen LogP contribution in [0, 0.1) is 6.92 Å². The van der Waals surface area contributed by atoms with Gasteiger partial charge >= 0.3 is 0 Å². The van der Waals surface area contributed by atoms with Crippen molar-refractivity contribution in [2.75, 3.05) is 21.3 Å². The Kier molecular flexibility index (Phi) is 6.31. The molecule has 0 saturated carbocycles. The topological polar surface area (TPSA) is 56.8 Å². The van der Waals surface area contributed by atoms with Crippen LogP contribution < -0.4 is 19.5 Å². The first-order valence-electron chi connectivity index (χ1n) is 7.78. The summed E-state index contributed by atoms with van der Waals surface area (Å²) in [5.41, 5.74) is 2.48. The lowest BCUT2D eigenvalue weighted by atomic mass is 10.0. The smallest absolute Gasteiger partial charge is 0.252 e. The van der Waals surface area contributed by atoms with Crippen molar-refractivity contribution < 1.29 is 19.0 Å². The molecule has 0 heterocycles. The second-order valence-electron chi connectivity index (χ2n) is 5.64. The molecule has 1 atom stereocenters. The SMILES string of the molecule is COc1ccc(C)cc1C(C)NC(=O)c1cc(OC)c(Br)c(OC)c1. The van der Waals surface area contributed by atoms with Crippen LogP contribution in [0.4, 0.5) is 0 Å². The lowest BCUT2D eigenvalue weighted by Crippen LogP contribution is -2.27. The number of hydrogen-bond donors (Lipinski definition) is 1. The van der Waals surface area contributed by atoms with Crippen LogP contribution in [0.2, 0.25) is 0 Å². The quantitative estimate of drug-likeness (QED) is 0.776. The highest BCUT2D eigenvalue weighted by Crippen LogP contribution is 2.36. The van der Waals surface area contributed by atoms with Crippen molar-refractivity contribution in [3.63, 3.8) is 0 Å². The fraction of sp³-hybridized carbons (Fsp3) is 0.316. The van der Waals surface area contributed by atoms with Crippen LogP contribution >= 0.6 is 15.9 Å². The monoisotopic (exact) mass is 407 g/mol. The van der Waals surface area contributed by atoms with Gasteiger partial charge in [0.2, 0.25) is 0 Å². The molecular formula is C19H22BrNO4. The number of amides is 1. The van der Waals surface area contributed by atoms with E-state index in [1.54, 1.807) is 33.5 Å². The zero-order valence-corrected chi connectivity index (χ0v) is 16.6. The second kappa shape index (κ2) is 8.25. The molecule has 2 rings (SSSR count). The largest absolute Gasteiger partial charge is 0.496 e. The zero-order chi connectivity index (χ0) is 18.6. The Morgan fingerprint density at radius 1 is 1.00 bits per heavy atom. The van der Waals surface area contributed by atoms with Gasteiger partial charge in [-0.05, 0) is 48.0 Å². The molecule has 25 heavy (non-hydrogen) atoms. The molecule has 0 aliphatic carbocycles. The number of carbonyl (C=O) groups excluding carboxylic acids is 1. The van der Waals surface area contributed by atoms with Crippen molar-refractivity contribution in [2.24, 2.45) is 0 Å². The minimum atomic E-state index is -0.222. The van der Waals surface area contributed by atoms with Crippen LogP contribution in [0.3, 0.4) is 0 Å². The van der Waals surface area contributed by atoms with E-state index in [1.165, 1.54) is 0 Å². The van der Waals surface area contributed by atoms with Gasteiger partial charge in [-0.25, -0.2) is 0 Å². The number of rotatable bonds is 6. The summed E-state index contributed by atoms with van der Waals surface area (Å²) < 4.78 is 16.7. The van der Waals surface area contributed by atoms with Gasteiger partial charge in [0.25, 0.3) is 5.91 Å². The molecule has 0 saturated heterocycles. The summed E-state index contributed by atoms with van der Waals surface area (Å²) in [6, 6.07) is 9.00. The van der Waals surface area contributed by atoms with Crippen LogP contribution in [0.25, 0.3) is 0 Å². The molecule has 0 aromatic heterocycles. The Labute approximate surface area is 156 Å². The standard InChI is InChI=1S/C19H22BrNO4/c1-11-6-7-15(23-3)14(8-11)12(2)21-19(22)13-9-16(24-4)18(20)17(10-13)25-5/h6-10,12H,1-5H3,(H,21,22). The van der Waals surface area contributed by atoms with E-state index < -0.39 is 0 Å². The molecule has 0 spiro atoms. The number of ether oxygens (including phenoxy) is 3. The Morgan fingerprint density at radius 3 is 2.08 bits per heavy atom. The highest BCUT2D eigenvalue weighted by Gasteiger charge is 2.18. The van der Waals surface area contributed by atoms with Gasteiger partial charge in [-0.3, -0.25) is 4.79 Å². The average Bonchev–Trinajstić information content (AvgIpc) is 2.61. The Bertz CT molecular complexity index is 751. The predicted octanol–water partition coefficient (Wildman–Crippen LogP) is 4.27. The van der Waals surface area contributed by atoms with Gasteiger partial charge in [0, 0.05) is 11.1 Å². The van der Waals surface area contributed by atoms with Crippen molar-refractivity contribution in [3.8, 4) is 17.2 Å². The van der Waals surface area contributed by atoms with Crippen molar-refractivity contribution in [1.29, 1.82) is 0 Å². The number of aryl methyl sites for hydroxylation is 1. The van der Waals surface area contributed by atoms with E-state index in [9.17, 15) is 4.79 Å². The average molecular weight is 408 g/mol. The molecule has 5 nitrogen and oxygen atoms in total. The second-order valence-corrected chi connectivity index (χ2v) is 6.43. The maximum absolute atomic E-state index is 12.7. The van der Waals surface area contributed by atoms with Gasteiger partial charge in [0.15, 0.2) is 0 Å². The summed E-state index contributed by atoms with van der Waals surface area (Å²) in [6.45, 7) is 3.92. The molecule has 0 fully saturated rings. The maximum Gasteiger partial charge on any atom is 0.252 e. The summed E-state index contributed by atoms with van der Waals surface area (Å²) in [4.78, 5) is 12.7. The molecule has 1 unspecified atom stereocenters. The van der Waals surface area contributed by atoms with E-state index in [-0.39, 0.29) is 11.9 Å². The molecule has 0 aliphatic rings. The van der Waals surface area contributed by atoms with E-state index >= 15 is 0 Å². The molecule has 0 bridgehead atoms. The van der Waals surface area contributed by atoms with Crippen LogP contribution in [-0.2, 0) is 0 Å². The molecule has 0 aliphatic heterocycles. The van der Waals surface area contributed by atoms with Crippen molar-refractivity contribution in [3.05, 3.63) is 51.5 Å². The lowest BCUT2D eigenvalue weighted by Gasteiger charge is -2.19. The summed E-state index contributed by atoms with van der Waals surface area (Å²) >= 11 is 3.40. The number of methoxy groups -OCH3 is 3. The van der Waals surface area contributed by atoms with Crippen molar-refractivity contribution in [1.82, 2.24) is 5.32 Å². The van der Waals surface area contributed by atoms with Gasteiger partial charge in [0.05, 0.1) is 27.4 Å². The Morgan fingerprint density at radius 2 is 1.56 bits per heavy atom. The number of benzene rings is 2. The highest BCUT2D eigenvalue weighted by atomic mass is 79.9. The number of hydrogen-bond acceptors (Lipinski definition) is 4. The lowest BCUT2D eigenvalue weighted by molar-refractivity contribution is 0.0938. The van der Waals surface area contributed by atoms with E-state index in [0.717, 1.165) is 16.9 Å². The number of halogens is 1. The van der Waals surface area contributed by atoms with Gasteiger partial charge in [0.1, 0.15) is 21.7 Å². The first-order valence-corrected chi connectivity index (χ1v) is 8.57. The van der Waals surface area contributed by atoms with Gasteiger partial charge in [-0.2, -0.15) is 0 Å². The molecule has 2 aromatic carbocycles. The van der Waals surface area contributed by atoms with Crippen LogP contribution in [0.1, 0.15) is 34.5 Å². The van der Waals surface area contributed by atoms with Crippen LogP contribution in [-0.4, -0.2) is 27.2 Å². The molecule has 1 amide bonds. The third-order valence-corrected chi connectivity index (χ3v) is 4.69. The van der Waals surface area contributed by atoms with Crippen LogP contribution in [0.15, 0.2) is 34.8 Å². The van der Waals surface area contributed by atoms with E-state index in [4.69, 9.17) is 14.2 Å². The molecule has 1 N–H and O–H groups in total. The molecule has 0 radical (unpaired) electrons. The first kappa shape index (κ1) is 19.1. The summed E-state index contributed by atoms with van der Waals surface area (Å²) in [6.07, 6.45) is 0. The van der Waals surface area contributed by atoms with Crippen LogP contribution in [0.5, 0.6) is 17.2 Å². The van der Waals surface area contributed by atoms with Gasteiger partial charge in [-0.15, -0.1) is 0 Å². The first-order chi connectivity index (χ1) is 11.9. The van der Waals surface area contributed by atoms with E-state index in [0.29, 0.717) is 21.5 Å². The van der Waals surface area contributed by atoms with Gasteiger partial charge < -0.3 is 19.5 Å². The summed E-state index contributed by atoms with van der Waals surface area (Å²) in [7, 11) is 4.70. The minimum absolute atomic E-state index is 0.219. The number of carbonyl (C=O) groups is 1. The Balaban J connectivity index is 2.29. The third-order valence-electron chi connectivity index (χ3n) is 3.91. The predicted molar refractivity (Wildman–Crippen MR) is 101 cm³/mol. The Hall–Kier alpha value is -2.21. The fourth-order valence-electron chi connectivity index (χ4n) is 2.55. The normalized spacial score (nSPS) is 11.6.